The molecule has 0 saturated heterocycles. The number of fused-ring (bicyclic) bond motifs is 1. The molecular formula is C13H8BrClFN3. The maximum Gasteiger partial charge on any atom is 0.205 e. The number of aromatic nitrogens is 2. The lowest BCUT2D eigenvalue weighted by Gasteiger charge is -2.09. The minimum atomic E-state index is -0.339. The van der Waals surface area contributed by atoms with Gasteiger partial charge in [0.15, 0.2) is 0 Å². The highest BCUT2D eigenvalue weighted by Gasteiger charge is 2.13. The van der Waals surface area contributed by atoms with Crippen molar-refractivity contribution in [1.82, 2.24) is 9.55 Å². The van der Waals surface area contributed by atoms with Crippen LogP contribution in [0, 0.1) is 5.82 Å². The van der Waals surface area contributed by atoms with E-state index in [2.05, 4.69) is 20.9 Å². The van der Waals surface area contributed by atoms with Crippen molar-refractivity contribution < 1.29 is 4.39 Å². The SMILES string of the molecule is Nc1nc2cc(Cl)ccc2n1-c1cc(F)ccc1Br. The van der Waals surface area contributed by atoms with Gasteiger partial charge in [-0.05, 0) is 52.3 Å². The zero-order valence-corrected chi connectivity index (χ0v) is 11.9. The zero-order valence-electron chi connectivity index (χ0n) is 9.57. The molecule has 0 radical (unpaired) electrons. The third-order valence-corrected chi connectivity index (χ3v) is 3.70. The van der Waals surface area contributed by atoms with Crippen molar-refractivity contribution in [3.63, 3.8) is 0 Å². The Bertz CT molecular complexity index is 785. The Labute approximate surface area is 121 Å². The molecule has 0 aliphatic carbocycles. The smallest absolute Gasteiger partial charge is 0.205 e. The van der Waals surface area contributed by atoms with Crippen LogP contribution in [0.1, 0.15) is 0 Å². The fourth-order valence-corrected chi connectivity index (χ4v) is 2.57. The topological polar surface area (TPSA) is 43.8 Å². The predicted octanol–water partition coefficient (Wildman–Crippen LogP) is 4.16. The summed E-state index contributed by atoms with van der Waals surface area (Å²) in [5, 5.41) is 0.579. The molecule has 2 N–H and O–H groups in total. The summed E-state index contributed by atoms with van der Waals surface area (Å²) < 4.78 is 15.8. The summed E-state index contributed by atoms with van der Waals surface area (Å²) in [7, 11) is 0. The van der Waals surface area contributed by atoms with Crippen LogP contribution in [0.25, 0.3) is 16.7 Å². The van der Waals surface area contributed by atoms with Crippen LogP contribution in [0.2, 0.25) is 5.02 Å². The van der Waals surface area contributed by atoms with E-state index in [1.807, 2.05) is 0 Å². The second-order valence-corrected chi connectivity index (χ2v) is 5.32. The van der Waals surface area contributed by atoms with Crippen molar-refractivity contribution >= 4 is 44.5 Å². The highest BCUT2D eigenvalue weighted by atomic mass is 79.9. The fourth-order valence-electron chi connectivity index (χ4n) is 1.98. The first-order valence-electron chi connectivity index (χ1n) is 5.45. The summed E-state index contributed by atoms with van der Waals surface area (Å²) in [6.07, 6.45) is 0. The Morgan fingerprint density at radius 3 is 2.79 bits per heavy atom. The maximum atomic E-state index is 13.4. The van der Waals surface area contributed by atoms with Gasteiger partial charge in [-0.15, -0.1) is 0 Å². The van der Waals surface area contributed by atoms with E-state index < -0.39 is 0 Å². The summed E-state index contributed by atoms with van der Waals surface area (Å²) in [6, 6.07) is 9.67. The first kappa shape index (κ1) is 12.4. The van der Waals surface area contributed by atoms with Crippen LogP contribution in [-0.4, -0.2) is 9.55 Å². The van der Waals surface area contributed by atoms with Gasteiger partial charge in [0.1, 0.15) is 5.82 Å². The van der Waals surface area contributed by atoms with Gasteiger partial charge < -0.3 is 5.73 Å². The molecule has 1 aromatic heterocycles. The molecule has 3 rings (SSSR count). The lowest BCUT2D eigenvalue weighted by molar-refractivity contribution is 0.626. The summed E-state index contributed by atoms with van der Waals surface area (Å²) in [6.45, 7) is 0. The highest BCUT2D eigenvalue weighted by molar-refractivity contribution is 9.10. The minimum Gasteiger partial charge on any atom is -0.369 e. The van der Waals surface area contributed by atoms with Gasteiger partial charge in [-0.1, -0.05) is 11.6 Å². The van der Waals surface area contributed by atoms with Crippen LogP contribution in [-0.2, 0) is 0 Å². The second-order valence-electron chi connectivity index (χ2n) is 4.03. The maximum absolute atomic E-state index is 13.4. The number of rotatable bonds is 1. The molecule has 0 saturated carbocycles. The molecule has 0 aliphatic rings. The van der Waals surface area contributed by atoms with Crippen molar-refractivity contribution in [3.05, 3.63) is 51.7 Å². The molecule has 0 fully saturated rings. The Morgan fingerprint density at radius 2 is 2.00 bits per heavy atom. The van der Waals surface area contributed by atoms with Crippen molar-refractivity contribution in [3.8, 4) is 5.69 Å². The van der Waals surface area contributed by atoms with Crippen molar-refractivity contribution in [1.29, 1.82) is 0 Å². The summed E-state index contributed by atoms with van der Waals surface area (Å²) in [4.78, 5) is 4.23. The number of hydrogen-bond acceptors (Lipinski definition) is 2. The number of anilines is 1. The number of nitrogens with two attached hydrogens (primary N) is 1. The summed E-state index contributed by atoms with van der Waals surface area (Å²) >= 11 is 9.31. The van der Waals surface area contributed by atoms with Gasteiger partial charge in [0.05, 0.1) is 16.7 Å². The molecule has 3 nitrogen and oxygen atoms in total. The van der Waals surface area contributed by atoms with Gasteiger partial charge >= 0.3 is 0 Å². The van der Waals surface area contributed by atoms with E-state index in [1.54, 1.807) is 28.8 Å². The number of imidazole rings is 1. The fraction of sp³-hybridized carbons (Fsp3) is 0. The number of halogens is 3. The van der Waals surface area contributed by atoms with E-state index in [-0.39, 0.29) is 11.8 Å². The third kappa shape index (κ3) is 2.09. The lowest BCUT2D eigenvalue weighted by atomic mass is 10.2. The molecule has 3 aromatic rings. The van der Waals surface area contributed by atoms with Gasteiger partial charge in [-0.25, -0.2) is 9.37 Å². The van der Waals surface area contributed by atoms with Gasteiger partial charge in [-0.2, -0.15) is 0 Å². The van der Waals surface area contributed by atoms with Crippen molar-refractivity contribution in [2.45, 2.75) is 0 Å². The van der Waals surface area contributed by atoms with Gasteiger partial charge in [-0.3, -0.25) is 4.57 Å². The van der Waals surface area contributed by atoms with E-state index in [0.29, 0.717) is 16.2 Å². The molecule has 96 valence electrons. The Morgan fingerprint density at radius 1 is 1.21 bits per heavy atom. The Kier molecular flexibility index (Phi) is 2.95. The van der Waals surface area contributed by atoms with Crippen molar-refractivity contribution in [2.75, 3.05) is 5.73 Å². The van der Waals surface area contributed by atoms with E-state index in [1.165, 1.54) is 12.1 Å². The predicted molar refractivity (Wildman–Crippen MR) is 78.2 cm³/mol. The van der Waals surface area contributed by atoms with Crippen LogP contribution >= 0.6 is 27.5 Å². The first-order valence-corrected chi connectivity index (χ1v) is 6.62. The molecule has 0 spiro atoms. The van der Waals surface area contributed by atoms with E-state index >= 15 is 0 Å². The quantitative estimate of drug-likeness (QED) is 0.723. The third-order valence-electron chi connectivity index (χ3n) is 2.79. The van der Waals surface area contributed by atoms with Crippen LogP contribution in [0.4, 0.5) is 10.3 Å². The molecule has 6 heteroatoms. The molecule has 0 atom stereocenters. The number of hydrogen-bond donors (Lipinski definition) is 1. The average Bonchev–Trinajstić information content (AvgIpc) is 2.67. The van der Waals surface area contributed by atoms with E-state index in [4.69, 9.17) is 17.3 Å². The molecule has 0 bridgehead atoms. The average molecular weight is 341 g/mol. The van der Waals surface area contributed by atoms with Crippen molar-refractivity contribution in [2.24, 2.45) is 0 Å². The van der Waals surface area contributed by atoms with Crippen LogP contribution in [0.15, 0.2) is 40.9 Å². The van der Waals surface area contributed by atoms with Gasteiger partial charge in [0, 0.05) is 9.50 Å². The van der Waals surface area contributed by atoms with E-state index in [0.717, 1.165) is 9.99 Å². The standard InChI is InChI=1S/C13H8BrClFN3/c14-9-3-2-8(16)6-12(9)19-11-4-1-7(15)5-10(11)18-13(19)17/h1-6H,(H2,17,18). The lowest BCUT2D eigenvalue weighted by Crippen LogP contribution is -2.01. The molecule has 19 heavy (non-hydrogen) atoms. The largest absolute Gasteiger partial charge is 0.369 e. The van der Waals surface area contributed by atoms with E-state index in [9.17, 15) is 4.39 Å². The summed E-state index contributed by atoms with van der Waals surface area (Å²) in [5.74, 6) is -0.0584. The zero-order chi connectivity index (χ0) is 13.6. The summed E-state index contributed by atoms with van der Waals surface area (Å²) in [5.41, 5.74) is 7.96. The van der Waals surface area contributed by atoms with Crippen LogP contribution in [0.5, 0.6) is 0 Å². The molecule has 0 aliphatic heterocycles. The van der Waals surface area contributed by atoms with Crippen LogP contribution in [0.3, 0.4) is 0 Å². The second kappa shape index (κ2) is 4.51. The Hall–Kier alpha value is -1.59. The minimum absolute atomic E-state index is 0.281. The first-order chi connectivity index (χ1) is 9.06. The number of nitrogen functional groups attached to an aromatic ring is 1. The molecule has 2 aromatic carbocycles. The number of nitrogens with zero attached hydrogens (tertiary/aromatic N) is 2. The monoisotopic (exact) mass is 339 g/mol. The van der Waals surface area contributed by atoms with Gasteiger partial charge in [0.25, 0.3) is 0 Å². The van der Waals surface area contributed by atoms with Gasteiger partial charge in [0.2, 0.25) is 5.95 Å². The molecule has 1 heterocycles. The normalized spacial score (nSPS) is 11.1. The highest BCUT2D eigenvalue weighted by Crippen LogP contribution is 2.30. The van der Waals surface area contributed by atoms with Crippen LogP contribution < -0.4 is 5.73 Å². The number of benzene rings is 2. The Balaban J connectivity index is 2.36. The molecular weight excluding hydrogens is 333 g/mol. The molecule has 0 amide bonds. The molecule has 0 unspecified atom stereocenters.